The molecule has 5 nitrogen and oxygen atoms in total. The Kier molecular flexibility index (Phi) is 4.36. The van der Waals surface area contributed by atoms with Crippen LogP contribution in [0.4, 0.5) is 15.8 Å². The topological polar surface area (TPSA) is 62.6 Å². The number of furan rings is 1. The van der Waals surface area contributed by atoms with E-state index >= 15 is 0 Å². The summed E-state index contributed by atoms with van der Waals surface area (Å²) in [6, 6.07) is 9.38. The van der Waals surface area contributed by atoms with Gasteiger partial charge in [0.25, 0.3) is 5.91 Å². The van der Waals surface area contributed by atoms with Crippen LogP contribution in [0.3, 0.4) is 0 Å². The monoisotopic (exact) mass is 386 g/mol. The third kappa shape index (κ3) is 3.17. The van der Waals surface area contributed by atoms with Gasteiger partial charge in [0.05, 0.1) is 5.69 Å². The van der Waals surface area contributed by atoms with Crippen molar-refractivity contribution in [3.63, 3.8) is 0 Å². The summed E-state index contributed by atoms with van der Waals surface area (Å²) in [5, 5.41) is 3.94. The minimum Gasteiger partial charge on any atom is -0.451 e. The molecule has 4 rings (SSSR count). The van der Waals surface area contributed by atoms with Crippen LogP contribution in [0.15, 0.2) is 40.8 Å². The number of anilines is 2. The Balaban J connectivity index is 1.59. The fraction of sp³-hybridized carbons (Fsp3) is 0.200. The van der Waals surface area contributed by atoms with E-state index < -0.39 is 11.7 Å². The zero-order chi connectivity index (χ0) is 19.1. The molecule has 3 aromatic rings. The fourth-order valence-corrected chi connectivity index (χ4v) is 3.48. The van der Waals surface area contributed by atoms with Gasteiger partial charge in [-0.1, -0.05) is 11.6 Å². The van der Waals surface area contributed by atoms with Gasteiger partial charge in [0.1, 0.15) is 11.4 Å². The Labute approximate surface area is 159 Å². The Morgan fingerprint density at radius 2 is 2.07 bits per heavy atom. The quantitative estimate of drug-likeness (QED) is 0.695. The Bertz CT molecular complexity index is 1080. The SMILES string of the molecule is Cc1c(C(=O)Nc2ccc(N3CCCC3=O)c(F)c2)oc2ccc(Cl)cc12. The molecular weight excluding hydrogens is 371 g/mol. The second kappa shape index (κ2) is 6.70. The number of hydrogen-bond donors (Lipinski definition) is 1. The number of carbonyl (C=O) groups excluding carboxylic acids is 2. The van der Waals surface area contributed by atoms with E-state index in [0.29, 0.717) is 35.6 Å². The van der Waals surface area contributed by atoms with Crippen molar-refractivity contribution in [2.24, 2.45) is 0 Å². The molecule has 0 atom stereocenters. The molecule has 1 fully saturated rings. The molecule has 0 aliphatic carbocycles. The Hall–Kier alpha value is -2.86. The first-order valence-electron chi connectivity index (χ1n) is 8.54. The number of hydrogen-bond acceptors (Lipinski definition) is 3. The molecule has 2 amide bonds. The molecule has 7 heteroatoms. The van der Waals surface area contributed by atoms with Crippen LogP contribution in [0.25, 0.3) is 11.0 Å². The summed E-state index contributed by atoms with van der Waals surface area (Å²) < 4.78 is 20.1. The summed E-state index contributed by atoms with van der Waals surface area (Å²) in [5.74, 6) is -0.992. The second-order valence-corrected chi connectivity index (χ2v) is 6.90. The predicted octanol–water partition coefficient (Wildman–Crippen LogP) is 4.91. The number of nitrogens with zero attached hydrogens (tertiary/aromatic N) is 1. The zero-order valence-electron chi connectivity index (χ0n) is 14.5. The van der Waals surface area contributed by atoms with E-state index in [1.807, 2.05) is 0 Å². The predicted molar refractivity (Wildman–Crippen MR) is 102 cm³/mol. The lowest BCUT2D eigenvalue weighted by atomic mass is 10.1. The normalized spacial score (nSPS) is 14.2. The standard InChI is InChI=1S/C20H16ClFN2O3/c1-11-14-9-12(21)4-7-17(14)27-19(11)20(26)23-13-5-6-16(15(22)10-13)24-8-2-3-18(24)25/h4-7,9-10H,2-3,8H2,1H3,(H,23,26). The van der Waals surface area contributed by atoms with Crippen LogP contribution in [0.2, 0.25) is 5.02 Å². The molecule has 0 saturated carbocycles. The number of nitrogens with one attached hydrogen (secondary N) is 1. The molecule has 0 spiro atoms. The highest BCUT2D eigenvalue weighted by atomic mass is 35.5. The minimum atomic E-state index is -0.559. The highest BCUT2D eigenvalue weighted by Gasteiger charge is 2.25. The van der Waals surface area contributed by atoms with E-state index in [-0.39, 0.29) is 23.0 Å². The number of amides is 2. The van der Waals surface area contributed by atoms with E-state index in [2.05, 4.69) is 5.32 Å². The summed E-state index contributed by atoms with van der Waals surface area (Å²) in [4.78, 5) is 25.8. The van der Waals surface area contributed by atoms with Crippen molar-refractivity contribution in [1.29, 1.82) is 0 Å². The van der Waals surface area contributed by atoms with Gasteiger partial charge in [0.2, 0.25) is 5.91 Å². The molecule has 2 aromatic carbocycles. The van der Waals surface area contributed by atoms with E-state index in [1.165, 1.54) is 17.0 Å². The second-order valence-electron chi connectivity index (χ2n) is 6.47. The molecule has 0 unspecified atom stereocenters. The Morgan fingerprint density at radius 1 is 1.26 bits per heavy atom. The van der Waals surface area contributed by atoms with Crippen LogP contribution in [-0.4, -0.2) is 18.4 Å². The summed E-state index contributed by atoms with van der Waals surface area (Å²) in [6.45, 7) is 2.27. The summed E-state index contributed by atoms with van der Waals surface area (Å²) in [7, 11) is 0. The Morgan fingerprint density at radius 3 is 2.78 bits per heavy atom. The van der Waals surface area contributed by atoms with E-state index in [1.54, 1.807) is 31.2 Å². The highest BCUT2D eigenvalue weighted by molar-refractivity contribution is 6.31. The summed E-state index contributed by atoms with van der Waals surface area (Å²) in [6.07, 6.45) is 1.14. The van der Waals surface area contributed by atoms with Crippen molar-refractivity contribution >= 4 is 45.8 Å². The van der Waals surface area contributed by atoms with Crippen LogP contribution >= 0.6 is 11.6 Å². The maximum absolute atomic E-state index is 14.4. The molecule has 1 N–H and O–H groups in total. The average Bonchev–Trinajstić information content (AvgIpc) is 3.19. The first-order chi connectivity index (χ1) is 12.9. The van der Waals surface area contributed by atoms with Crippen molar-refractivity contribution in [2.45, 2.75) is 19.8 Å². The van der Waals surface area contributed by atoms with Crippen LogP contribution in [0.1, 0.15) is 29.0 Å². The maximum atomic E-state index is 14.4. The summed E-state index contributed by atoms with van der Waals surface area (Å²) in [5.41, 5.74) is 1.72. The minimum absolute atomic E-state index is 0.0951. The number of fused-ring (bicyclic) bond motifs is 1. The summed E-state index contributed by atoms with van der Waals surface area (Å²) >= 11 is 5.99. The van der Waals surface area contributed by atoms with Crippen molar-refractivity contribution in [2.75, 3.05) is 16.8 Å². The van der Waals surface area contributed by atoms with Gasteiger partial charge in [-0.3, -0.25) is 9.59 Å². The van der Waals surface area contributed by atoms with Gasteiger partial charge in [-0.15, -0.1) is 0 Å². The fourth-order valence-electron chi connectivity index (χ4n) is 3.30. The maximum Gasteiger partial charge on any atom is 0.291 e. The first kappa shape index (κ1) is 17.5. The van der Waals surface area contributed by atoms with Crippen molar-refractivity contribution in [3.8, 4) is 0 Å². The van der Waals surface area contributed by atoms with Crippen LogP contribution in [0.5, 0.6) is 0 Å². The average molecular weight is 387 g/mol. The van der Waals surface area contributed by atoms with E-state index in [0.717, 1.165) is 5.39 Å². The van der Waals surface area contributed by atoms with Crippen molar-refractivity contribution < 1.29 is 18.4 Å². The number of halogens is 2. The van der Waals surface area contributed by atoms with Gasteiger partial charge >= 0.3 is 0 Å². The van der Waals surface area contributed by atoms with E-state index in [9.17, 15) is 14.0 Å². The number of rotatable bonds is 3. The highest BCUT2D eigenvalue weighted by Crippen LogP contribution is 2.30. The van der Waals surface area contributed by atoms with Gasteiger partial charge < -0.3 is 14.6 Å². The van der Waals surface area contributed by atoms with Gasteiger partial charge in [0.15, 0.2) is 5.76 Å². The van der Waals surface area contributed by atoms with Gasteiger partial charge in [0, 0.05) is 34.6 Å². The smallest absolute Gasteiger partial charge is 0.291 e. The van der Waals surface area contributed by atoms with Crippen LogP contribution < -0.4 is 10.2 Å². The zero-order valence-corrected chi connectivity index (χ0v) is 15.3. The molecule has 1 aliphatic rings. The third-order valence-corrected chi connectivity index (χ3v) is 4.91. The van der Waals surface area contributed by atoms with E-state index in [4.69, 9.17) is 16.0 Å². The molecule has 1 saturated heterocycles. The first-order valence-corrected chi connectivity index (χ1v) is 8.92. The van der Waals surface area contributed by atoms with Gasteiger partial charge in [-0.2, -0.15) is 0 Å². The molecule has 2 heterocycles. The van der Waals surface area contributed by atoms with Gasteiger partial charge in [-0.25, -0.2) is 4.39 Å². The van der Waals surface area contributed by atoms with Crippen molar-refractivity contribution in [1.82, 2.24) is 0 Å². The largest absolute Gasteiger partial charge is 0.451 e. The lowest BCUT2D eigenvalue weighted by Crippen LogP contribution is -2.24. The molecule has 138 valence electrons. The molecule has 1 aliphatic heterocycles. The van der Waals surface area contributed by atoms with Crippen LogP contribution in [0, 0.1) is 12.7 Å². The number of carbonyl (C=O) groups is 2. The van der Waals surface area contributed by atoms with Crippen molar-refractivity contribution in [3.05, 3.63) is 58.6 Å². The lowest BCUT2D eigenvalue weighted by molar-refractivity contribution is -0.117. The molecule has 0 bridgehead atoms. The number of benzene rings is 2. The molecule has 0 radical (unpaired) electrons. The van der Waals surface area contributed by atoms with Gasteiger partial charge in [-0.05, 0) is 49.7 Å². The third-order valence-electron chi connectivity index (χ3n) is 4.67. The lowest BCUT2D eigenvalue weighted by Gasteiger charge is -2.17. The van der Waals surface area contributed by atoms with Crippen LogP contribution in [-0.2, 0) is 4.79 Å². The number of aryl methyl sites for hydroxylation is 1. The molecule has 1 aromatic heterocycles. The molecular formula is C20H16ClFN2O3. The molecule has 27 heavy (non-hydrogen) atoms.